The van der Waals surface area contributed by atoms with Gasteiger partial charge in [-0.2, -0.15) is 0 Å². The highest BCUT2D eigenvalue weighted by Gasteiger charge is 2.28. The van der Waals surface area contributed by atoms with Gasteiger partial charge in [0.2, 0.25) is 0 Å². The number of benzene rings is 1. The average Bonchev–Trinajstić information content (AvgIpc) is 2.36. The Hall–Kier alpha value is -1.34. The van der Waals surface area contributed by atoms with Gasteiger partial charge in [-0.1, -0.05) is 38.1 Å². The molecule has 0 saturated heterocycles. The number of aromatic nitrogens is 1. The molecule has 0 N–H and O–H groups in total. The van der Waals surface area contributed by atoms with E-state index in [4.69, 9.17) is 11.6 Å². The van der Waals surface area contributed by atoms with Gasteiger partial charge in [-0.05, 0) is 41.5 Å². The summed E-state index contributed by atoms with van der Waals surface area (Å²) >= 11 is 6.37. The Labute approximate surface area is 119 Å². The number of halogens is 1. The zero-order chi connectivity index (χ0) is 13.5. The predicted molar refractivity (Wildman–Crippen MR) is 82.4 cm³/mol. The third kappa shape index (κ3) is 2.66. The lowest BCUT2D eigenvalue weighted by Crippen LogP contribution is -2.21. The van der Waals surface area contributed by atoms with Crippen LogP contribution in [0.5, 0.6) is 0 Å². The topological polar surface area (TPSA) is 12.9 Å². The van der Waals surface area contributed by atoms with Crippen molar-refractivity contribution >= 4 is 28.1 Å². The summed E-state index contributed by atoms with van der Waals surface area (Å²) in [5.41, 5.74) is 3.93. The summed E-state index contributed by atoms with van der Waals surface area (Å²) in [6.07, 6.45) is 6.17. The largest absolute Gasteiger partial charge is 0.256 e. The second-order valence-corrected chi connectivity index (χ2v) is 6.72. The van der Waals surface area contributed by atoms with Gasteiger partial charge in [0.05, 0.1) is 10.9 Å². The van der Waals surface area contributed by atoms with Crippen LogP contribution in [0.2, 0.25) is 0 Å². The van der Waals surface area contributed by atoms with E-state index in [1.807, 2.05) is 12.3 Å². The number of fused-ring (bicyclic) bond motifs is 1. The number of hydrogen-bond acceptors (Lipinski definition) is 1. The number of alkyl halides is 1. The molecule has 1 unspecified atom stereocenters. The van der Waals surface area contributed by atoms with Crippen molar-refractivity contribution in [1.82, 2.24) is 4.98 Å². The second-order valence-electron chi connectivity index (χ2n) is 6.16. The fourth-order valence-electron chi connectivity index (χ4n) is 2.92. The van der Waals surface area contributed by atoms with Gasteiger partial charge in [0.1, 0.15) is 0 Å². The summed E-state index contributed by atoms with van der Waals surface area (Å²) in [5.74, 6) is 0. The SMILES string of the molecule is CC1(C)CC(c2ccc3cccnc3c2)=CC(Cl)C1. The van der Waals surface area contributed by atoms with Crippen LogP contribution in [0.15, 0.2) is 42.6 Å². The first-order valence-electron chi connectivity index (χ1n) is 6.73. The second kappa shape index (κ2) is 4.64. The zero-order valence-corrected chi connectivity index (χ0v) is 12.1. The van der Waals surface area contributed by atoms with Crippen molar-refractivity contribution in [3.8, 4) is 0 Å². The first-order chi connectivity index (χ1) is 9.03. The Bertz CT molecular complexity index is 643. The van der Waals surface area contributed by atoms with Gasteiger partial charge in [-0.3, -0.25) is 4.98 Å². The molecule has 1 aliphatic carbocycles. The van der Waals surface area contributed by atoms with Crippen molar-refractivity contribution in [1.29, 1.82) is 0 Å². The first-order valence-corrected chi connectivity index (χ1v) is 7.17. The molecule has 0 bridgehead atoms. The summed E-state index contributed by atoms with van der Waals surface area (Å²) in [6, 6.07) is 10.6. The molecule has 3 rings (SSSR count). The number of nitrogens with zero attached hydrogens (tertiary/aromatic N) is 1. The minimum Gasteiger partial charge on any atom is -0.256 e. The molecule has 98 valence electrons. The molecule has 0 radical (unpaired) electrons. The van der Waals surface area contributed by atoms with Gasteiger partial charge >= 0.3 is 0 Å². The van der Waals surface area contributed by atoms with Crippen LogP contribution in [0.25, 0.3) is 16.5 Å². The molecule has 0 fully saturated rings. The molecule has 1 heterocycles. The molecule has 19 heavy (non-hydrogen) atoms. The predicted octanol–water partition coefficient (Wildman–Crippen LogP) is 5.05. The van der Waals surface area contributed by atoms with Crippen LogP contribution in [0, 0.1) is 5.41 Å². The van der Waals surface area contributed by atoms with Crippen LogP contribution in [-0.4, -0.2) is 10.4 Å². The number of hydrogen-bond donors (Lipinski definition) is 0. The van der Waals surface area contributed by atoms with Gasteiger partial charge < -0.3 is 0 Å². The van der Waals surface area contributed by atoms with Crippen LogP contribution in [-0.2, 0) is 0 Å². The summed E-state index contributed by atoms with van der Waals surface area (Å²) in [6.45, 7) is 4.57. The molecule has 0 saturated carbocycles. The normalized spacial score (nSPS) is 22.3. The summed E-state index contributed by atoms with van der Waals surface area (Å²) in [5, 5.41) is 1.32. The number of rotatable bonds is 1. The molecule has 1 nitrogen and oxygen atoms in total. The third-order valence-electron chi connectivity index (χ3n) is 3.78. The molecular formula is C17H18ClN. The Kier molecular flexibility index (Phi) is 3.10. The molecule has 0 amide bonds. The van der Waals surface area contributed by atoms with Crippen LogP contribution in [0.3, 0.4) is 0 Å². The van der Waals surface area contributed by atoms with E-state index in [1.54, 1.807) is 0 Å². The maximum absolute atomic E-state index is 6.37. The lowest BCUT2D eigenvalue weighted by Gasteiger charge is -2.32. The Morgan fingerprint density at radius 1 is 1.26 bits per heavy atom. The third-order valence-corrected chi connectivity index (χ3v) is 4.06. The number of allylic oxidation sites excluding steroid dienone is 2. The minimum atomic E-state index is 0.137. The van der Waals surface area contributed by atoms with Crippen LogP contribution in [0.4, 0.5) is 0 Å². The maximum atomic E-state index is 6.37. The maximum Gasteiger partial charge on any atom is 0.0708 e. The van der Waals surface area contributed by atoms with Gasteiger partial charge in [0, 0.05) is 11.6 Å². The van der Waals surface area contributed by atoms with Gasteiger partial charge in [0.25, 0.3) is 0 Å². The lowest BCUT2D eigenvalue weighted by atomic mass is 9.75. The van der Waals surface area contributed by atoms with Gasteiger partial charge in [0.15, 0.2) is 0 Å². The van der Waals surface area contributed by atoms with Crippen molar-refractivity contribution in [3.63, 3.8) is 0 Å². The van der Waals surface area contributed by atoms with Crippen LogP contribution in [0.1, 0.15) is 32.3 Å². The van der Waals surface area contributed by atoms with Gasteiger partial charge in [-0.25, -0.2) is 0 Å². The van der Waals surface area contributed by atoms with Gasteiger partial charge in [-0.15, -0.1) is 11.6 Å². The standard InChI is InChI=1S/C17H18ClN/c1-17(2)10-14(8-15(18)11-17)13-6-5-12-4-3-7-19-16(12)9-13/h3-9,15H,10-11H2,1-2H3. The molecular weight excluding hydrogens is 254 g/mol. The molecule has 2 heteroatoms. The highest BCUT2D eigenvalue weighted by atomic mass is 35.5. The van der Waals surface area contributed by atoms with Crippen molar-refractivity contribution in [2.45, 2.75) is 32.1 Å². The molecule has 1 aromatic carbocycles. The smallest absolute Gasteiger partial charge is 0.0708 e. The van der Waals surface area contributed by atoms with E-state index in [1.165, 1.54) is 16.5 Å². The molecule has 0 aliphatic heterocycles. The molecule has 2 aromatic rings. The van der Waals surface area contributed by atoms with E-state index in [9.17, 15) is 0 Å². The van der Waals surface area contributed by atoms with E-state index in [0.717, 1.165) is 18.4 Å². The average molecular weight is 272 g/mol. The van der Waals surface area contributed by atoms with E-state index < -0.39 is 0 Å². The van der Waals surface area contributed by atoms with E-state index in [-0.39, 0.29) is 10.8 Å². The highest BCUT2D eigenvalue weighted by molar-refractivity contribution is 6.22. The number of pyridine rings is 1. The molecule has 1 aliphatic rings. The summed E-state index contributed by atoms with van der Waals surface area (Å²) in [4.78, 5) is 4.43. The van der Waals surface area contributed by atoms with E-state index >= 15 is 0 Å². The Morgan fingerprint density at radius 2 is 2.11 bits per heavy atom. The lowest BCUT2D eigenvalue weighted by molar-refractivity contribution is 0.340. The van der Waals surface area contributed by atoms with Crippen molar-refractivity contribution in [2.75, 3.05) is 0 Å². The Morgan fingerprint density at radius 3 is 2.89 bits per heavy atom. The van der Waals surface area contributed by atoms with Crippen molar-refractivity contribution in [2.24, 2.45) is 5.41 Å². The summed E-state index contributed by atoms with van der Waals surface area (Å²) < 4.78 is 0. The van der Waals surface area contributed by atoms with E-state index in [2.05, 4.69) is 49.2 Å². The zero-order valence-electron chi connectivity index (χ0n) is 11.4. The summed E-state index contributed by atoms with van der Waals surface area (Å²) in [7, 11) is 0. The van der Waals surface area contributed by atoms with Crippen molar-refractivity contribution in [3.05, 3.63) is 48.2 Å². The highest BCUT2D eigenvalue weighted by Crippen LogP contribution is 2.41. The van der Waals surface area contributed by atoms with Crippen molar-refractivity contribution < 1.29 is 0 Å². The molecule has 0 spiro atoms. The van der Waals surface area contributed by atoms with Crippen LogP contribution >= 0.6 is 11.6 Å². The minimum absolute atomic E-state index is 0.137. The van der Waals surface area contributed by atoms with E-state index in [0.29, 0.717) is 0 Å². The monoisotopic (exact) mass is 271 g/mol. The fourth-order valence-corrected chi connectivity index (χ4v) is 3.49. The molecule has 1 aromatic heterocycles. The molecule has 1 atom stereocenters. The quantitative estimate of drug-likeness (QED) is 0.662. The first kappa shape index (κ1) is 12.7. The fraction of sp³-hybridized carbons (Fsp3) is 0.353. The Balaban J connectivity index is 2.04. The van der Waals surface area contributed by atoms with Crippen LogP contribution < -0.4 is 0 Å².